The van der Waals surface area contributed by atoms with E-state index >= 15 is 0 Å². The molecule has 0 saturated heterocycles. The minimum atomic E-state index is -0.0157. The van der Waals surface area contributed by atoms with Crippen molar-refractivity contribution in [3.8, 4) is 0 Å². The fourth-order valence-corrected chi connectivity index (χ4v) is 2.40. The van der Waals surface area contributed by atoms with Crippen molar-refractivity contribution in [2.45, 2.75) is 25.2 Å². The van der Waals surface area contributed by atoms with Crippen LogP contribution in [0.15, 0.2) is 45.8 Å². The van der Waals surface area contributed by atoms with E-state index in [0.29, 0.717) is 6.42 Å². The zero-order valence-electron chi connectivity index (χ0n) is 11.4. The Balaban J connectivity index is 2.06. The number of hydrogen-bond donors (Lipinski definition) is 2. The van der Waals surface area contributed by atoms with Gasteiger partial charge in [0, 0.05) is 15.1 Å². The third kappa shape index (κ3) is 3.87. The minimum absolute atomic E-state index is 0.0157. The largest absolute Gasteiger partial charge is 0.326 e. The fraction of sp³-hybridized carbons (Fsp3) is 0.188. The van der Waals surface area contributed by atoms with Gasteiger partial charge in [0.15, 0.2) is 0 Å². The highest BCUT2D eigenvalue weighted by molar-refractivity contribution is 9.10. The number of halogens is 1. The van der Waals surface area contributed by atoms with E-state index in [1.54, 1.807) is 0 Å². The first-order chi connectivity index (χ1) is 9.45. The van der Waals surface area contributed by atoms with Crippen molar-refractivity contribution in [2.24, 2.45) is 0 Å². The topological polar surface area (TPSA) is 29.1 Å². The van der Waals surface area contributed by atoms with Crippen molar-refractivity contribution in [3.05, 3.63) is 57.6 Å². The summed E-state index contributed by atoms with van der Waals surface area (Å²) in [7, 11) is 0. The number of thiol groups is 1. The lowest BCUT2D eigenvalue weighted by atomic mass is 10.1. The first-order valence-electron chi connectivity index (χ1n) is 6.30. The molecular formula is C16H16BrNOS. The Morgan fingerprint density at radius 1 is 1.15 bits per heavy atom. The second-order valence-electron chi connectivity index (χ2n) is 4.82. The molecular weight excluding hydrogens is 334 g/mol. The molecule has 4 heteroatoms. The number of rotatable bonds is 3. The van der Waals surface area contributed by atoms with E-state index in [0.717, 1.165) is 31.7 Å². The summed E-state index contributed by atoms with van der Waals surface area (Å²) < 4.78 is 1.08. The Labute approximate surface area is 133 Å². The molecule has 2 nitrogen and oxygen atoms in total. The maximum atomic E-state index is 12.0. The van der Waals surface area contributed by atoms with Crippen molar-refractivity contribution in [1.82, 2.24) is 0 Å². The lowest BCUT2D eigenvalue weighted by molar-refractivity contribution is -0.115. The first-order valence-corrected chi connectivity index (χ1v) is 7.54. The van der Waals surface area contributed by atoms with Gasteiger partial charge in [0.25, 0.3) is 0 Å². The quantitative estimate of drug-likeness (QED) is 0.782. The molecule has 0 aliphatic heterocycles. The van der Waals surface area contributed by atoms with Gasteiger partial charge < -0.3 is 5.32 Å². The molecule has 0 fully saturated rings. The van der Waals surface area contributed by atoms with Crippen molar-refractivity contribution in [1.29, 1.82) is 0 Å². The predicted molar refractivity (Wildman–Crippen MR) is 89.6 cm³/mol. The van der Waals surface area contributed by atoms with E-state index in [9.17, 15) is 4.79 Å². The molecule has 0 aliphatic carbocycles. The van der Waals surface area contributed by atoms with E-state index in [4.69, 9.17) is 0 Å². The summed E-state index contributed by atoms with van der Waals surface area (Å²) in [6.07, 6.45) is 0.363. The van der Waals surface area contributed by atoms with Gasteiger partial charge in [0.05, 0.1) is 6.42 Å². The second kappa shape index (κ2) is 6.46. The van der Waals surface area contributed by atoms with Gasteiger partial charge in [-0.15, -0.1) is 12.6 Å². The van der Waals surface area contributed by atoms with Crippen LogP contribution in [0.25, 0.3) is 0 Å². The van der Waals surface area contributed by atoms with Crippen molar-refractivity contribution >= 4 is 40.2 Å². The predicted octanol–water partition coefficient (Wildman–Crippen LogP) is 4.54. The number of hydrogen-bond acceptors (Lipinski definition) is 2. The van der Waals surface area contributed by atoms with Crippen LogP contribution in [0, 0.1) is 13.8 Å². The summed E-state index contributed by atoms with van der Waals surface area (Å²) >= 11 is 7.75. The normalized spacial score (nSPS) is 10.4. The number of amides is 1. The molecule has 2 aromatic rings. The van der Waals surface area contributed by atoms with Crippen LogP contribution in [0.1, 0.15) is 16.7 Å². The summed E-state index contributed by atoms with van der Waals surface area (Å²) in [5.41, 5.74) is 4.03. The second-order valence-corrected chi connectivity index (χ2v) is 6.12. The highest BCUT2D eigenvalue weighted by atomic mass is 79.9. The standard InChI is InChI=1S/C16H16BrNOS/c1-10-7-13(8-11(2)16(10)17)18-15(19)9-12-3-5-14(20)6-4-12/h3-8,20H,9H2,1-2H3,(H,18,19). The molecule has 0 unspecified atom stereocenters. The maximum absolute atomic E-state index is 12.0. The lowest BCUT2D eigenvalue weighted by Gasteiger charge is -2.10. The number of benzene rings is 2. The van der Waals surface area contributed by atoms with E-state index < -0.39 is 0 Å². The fourth-order valence-electron chi connectivity index (χ4n) is 2.02. The summed E-state index contributed by atoms with van der Waals surface area (Å²) in [5.74, 6) is -0.0157. The molecule has 20 heavy (non-hydrogen) atoms. The molecule has 0 spiro atoms. The smallest absolute Gasteiger partial charge is 0.228 e. The molecule has 0 bridgehead atoms. The summed E-state index contributed by atoms with van der Waals surface area (Å²) in [6.45, 7) is 4.02. The molecule has 2 aromatic carbocycles. The number of carbonyl (C=O) groups is 1. The summed E-state index contributed by atoms with van der Waals surface area (Å²) in [5, 5.41) is 2.94. The van der Waals surface area contributed by atoms with Crippen LogP contribution in [-0.2, 0) is 11.2 Å². The summed E-state index contributed by atoms with van der Waals surface area (Å²) in [4.78, 5) is 12.9. The maximum Gasteiger partial charge on any atom is 0.228 e. The van der Waals surface area contributed by atoms with Crippen LogP contribution >= 0.6 is 28.6 Å². The Morgan fingerprint density at radius 2 is 1.70 bits per heavy atom. The molecule has 0 atom stereocenters. The van der Waals surface area contributed by atoms with E-state index in [1.165, 1.54) is 0 Å². The van der Waals surface area contributed by atoms with Crippen LogP contribution in [0.3, 0.4) is 0 Å². The molecule has 0 aliphatic rings. The Kier molecular flexibility index (Phi) is 4.89. The third-order valence-electron chi connectivity index (χ3n) is 3.02. The molecule has 1 N–H and O–H groups in total. The van der Waals surface area contributed by atoms with Crippen LogP contribution < -0.4 is 5.32 Å². The number of aryl methyl sites for hydroxylation is 2. The average Bonchev–Trinajstić information content (AvgIpc) is 2.38. The van der Waals surface area contributed by atoms with Gasteiger partial charge in [0.1, 0.15) is 0 Å². The SMILES string of the molecule is Cc1cc(NC(=O)Cc2ccc(S)cc2)cc(C)c1Br. The van der Waals surface area contributed by atoms with Gasteiger partial charge in [-0.3, -0.25) is 4.79 Å². The Bertz CT molecular complexity index is 614. The number of carbonyl (C=O) groups excluding carboxylic acids is 1. The minimum Gasteiger partial charge on any atom is -0.326 e. The van der Waals surface area contributed by atoms with Crippen LogP contribution in [0.4, 0.5) is 5.69 Å². The monoisotopic (exact) mass is 349 g/mol. The van der Waals surface area contributed by atoms with Crippen LogP contribution in [0.5, 0.6) is 0 Å². The van der Waals surface area contributed by atoms with Crippen LogP contribution in [-0.4, -0.2) is 5.91 Å². The summed E-state index contributed by atoms with van der Waals surface area (Å²) in [6, 6.07) is 11.5. The van der Waals surface area contributed by atoms with Gasteiger partial charge in [-0.25, -0.2) is 0 Å². The lowest BCUT2D eigenvalue weighted by Crippen LogP contribution is -2.14. The van der Waals surface area contributed by atoms with Gasteiger partial charge in [-0.2, -0.15) is 0 Å². The molecule has 1 amide bonds. The van der Waals surface area contributed by atoms with E-state index in [2.05, 4.69) is 33.9 Å². The van der Waals surface area contributed by atoms with E-state index in [1.807, 2.05) is 50.2 Å². The van der Waals surface area contributed by atoms with Gasteiger partial charge in [0.2, 0.25) is 5.91 Å². The number of anilines is 1. The van der Waals surface area contributed by atoms with Crippen LogP contribution in [0.2, 0.25) is 0 Å². The van der Waals surface area contributed by atoms with E-state index in [-0.39, 0.29) is 5.91 Å². The zero-order chi connectivity index (χ0) is 14.7. The molecule has 0 saturated carbocycles. The number of nitrogens with one attached hydrogen (secondary N) is 1. The van der Waals surface area contributed by atoms with Gasteiger partial charge in [-0.1, -0.05) is 28.1 Å². The van der Waals surface area contributed by atoms with Crippen molar-refractivity contribution < 1.29 is 4.79 Å². The highest BCUT2D eigenvalue weighted by Gasteiger charge is 2.07. The molecule has 104 valence electrons. The molecule has 2 rings (SSSR count). The Morgan fingerprint density at radius 3 is 2.25 bits per heavy atom. The van der Waals surface area contributed by atoms with Gasteiger partial charge >= 0.3 is 0 Å². The third-order valence-corrected chi connectivity index (χ3v) is 4.57. The van der Waals surface area contributed by atoms with Crippen molar-refractivity contribution in [2.75, 3.05) is 5.32 Å². The van der Waals surface area contributed by atoms with Gasteiger partial charge in [-0.05, 0) is 54.8 Å². The Hall–Kier alpha value is -1.26. The van der Waals surface area contributed by atoms with Crippen molar-refractivity contribution in [3.63, 3.8) is 0 Å². The zero-order valence-corrected chi connectivity index (χ0v) is 13.9. The molecule has 0 aromatic heterocycles. The molecule has 0 radical (unpaired) electrons. The average molecular weight is 350 g/mol. The molecule has 0 heterocycles. The highest BCUT2D eigenvalue weighted by Crippen LogP contribution is 2.25. The first kappa shape index (κ1) is 15.1.